The van der Waals surface area contributed by atoms with Crippen molar-refractivity contribution in [2.24, 2.45) is 9.98 Å². The molecule has 10 heteroatoms. The highest BCUT2D eigenvalue weighted by atomic mass is 16.5. The van der Waals surface area contributed by atoms with Crippen molar-refractivity contribution in [2.45, 2.75) is 89.6 Å². The number of hydrogen-bond donors (Lipinski definition) is 0. The van der Waals surface area contributed by atoms with Crippen molar-refractivity contribution in [2.75, 3.05) is 16.3 Å². The van der Waals surface area contributed by atoms with E-state index >= 15 is 0 Å². The monoisotopic (exact) mass is 864 g/mol. The standard InChI is InChI=1S/C55H52N4O6/c1-10-37(59-45-18-14-12-16-43(45)53(8,9)55(59)32-57-49-41-30-39(63-51(61)34(4)5)24-20-36(41)22-26-47(49)65-55)27-28-58-44-17-13-11-15-42(44)52(6,7)54(58)31-56-48-40-29-38(62-50(60)33(2)3)23-19-35(40)21-25-46(48)64-54/h11-26,29-32,37H,2,4,10,27-28H2,1,3,5-9H3. The van der Waals surface area contributed by atoms with Crippen LogP contribution >= 0.6 is 0 Å². The fourth-order valence-electron chi connectivity index (χ4n) is 10.4. The molecule has 0 saturated carbocycles. The predicted molar refractivity (Wildman–Crippen MR) is 259 cm³/mol. The van der Waals surface area contributed by atoms with E-state index in [1.165, 1.54) is 11.1 Å². The van der Waals surface area contributed by atoms with E-state index in [4.69, 9.17) is 28.9 Å². The first kappa shape index (κ1) is 41.8. The molecule has 0 N–H and O–H groups in total. The molecule has 0 amide bonds. The molecule has 0 saturated heterocycles. The smallest absolute Gasteiger partial charge is 0.338 e. The zero-order valence-electron chi connectivity index (χ0n) is 37.9. The molecular formula is C55H52N4O6. The number of carbonyl (C=O) groups excluding carboxylic acids is 2. The van der Waals surface area contributed by atoms with Crippen molar-refractivity contribution >= 4 is 68.7 Å². The SMILES string of the molecule is C=C(C)C(=O)Oc1ccc2ccc3c(c2c1)N=CC1(O3)N(CCC(CC)N2c3ccccc3C(C)(C)C23C=Nc2c(ccc4ccc(OC(=O)C(=C)C)cc24)O3)c2ccccc2C1(C)C. The summed E-state index contributed by atoms with van der Waals surface area (Å²) in [4.78, 5) is 40.2. The van der Waals surface area contributed by atoms with E-state index in [1.807, 2.05) is 61.0 Å². The maximum atomic E-state index is 12.5. The van der Waals surface area contributed by atoms with Gasteiger partial charge in [-0.1, -0.05) is 80.7 Å². The number of nitrogens with zero attached hydrogens (tertiary/aromatic N) is 4. The molecule has 65 heavy (non-hydrogen) atoms. The molecule has 6 aromatic rings. The molecule has 0 bridgehead atoms. The van der Waals surface area contributed by atoms with Crippen LogP contribution in [0.2, 0.25) is 0 Å². The summed E-state index contributed by atoms with van der Waals surface area (Å²) < 4.78 is 26.0. The van der Waals surface area contributed by atoms with Crippen LogP contribution in [0.4, 0.5) is 22.7 Å². The molecule has 10 rings (SSSR count). The number of ether oxygens (including phenoxy) is 4. The topological polar surface area (TPSA) is 102 Å². The Hall–Kier alpha value is -7.20. The lowest BCUT2D eigenvalue weighted by Gasteiger charge is -2.50. The maximum Gasteiger partial charge on any atom is 0.338 e. The Morgan fingerprint density at radius 3 is 1.65 bits per heavy atom. The minimum absolute atomic E-state index is 0.00967. The number of anilines is 2. The lowest BCUT2D eigenvalue weighted by molar-refractivity contribution is -0.130. The van der Waals surface area contributed by atoms with Gasteiger partial charge in [0.2, 0.25) is 11.4 Å². The summed E-state index contributed by atoms with van der Waals surface area (Å²) in [5, 5.41) is 3.55. The second kappa shape index (κ2) is 14.9. The molecular weight excluding hydrogens is 813 g/mol. The van der Waals surface area contributed by atoms with Gasteiger partial charge in [0.05, 0.1) is 23.3 Å². The second-order valence-electron chi connectivity index (χ2n) is 18.7. The summed E-state index contributed by atoms with van der Waals surface area (Å²) in [6.07, 6.45) is 5.52. The number of para-hydroxylation sites is 2. The number of aliphatic imine (C=N–C) groups is 2. The molecule has 10 nitrogen and oxygen atoms in total. The van der Waals surface area contributed by atoms with Crippen molar-refractivity contribution in [3.8, 4) is 23.0 Å². The Labute approximate surface area is 379 Å². The summed E-state index contributed by atoms with van der Waals surface area (Å²) >= 11 is 0. The Morgan fingerprint density at radius 1 is 0.646 bits per heavy atom. The molecule has 0 fully saturated rings. The van der Waals surface area contributed by atoms with Crippen molar-refractivity contribution < 1.29 is 28.5 Å². The third kappa shape index (κ3) is 6.20. The van der Waals surface area contributed by atoms with Crippen LogP contribution < -0.4 is 28.7 Å². The van der Waals surface area contributed by atoms with Gasteiger partial charge in [-0.05, 0) is 125 Å². The third-order valence-corrected chi connectivity index (χ3v) is 14.0. The Balaban J connectivity index is 1.02. The van der Waals surface area contributed by atoms with Gasteiger partial charge in [0.1, 0.15) is 34.4 Å². The van der Waals surface area contributed by atoms with Crippen LogP contribution in [0.3, 0.4) is 0 Å². The summed E-state index contributed by atoms with van der Waals surface area (Å²) in [6.45, 7) is 22.5. The van der Waals surface area contributed by atoms with E-state index in [-0.39, 0.29) is 6.04 Å². The fraction of sp³-hybridized carbons (Fsp3) is 0.273. The van der Waals surface area contributed by atoms with E-state index in [1.54, 1.807) is 26.0 Å². The van der Waals surface area contributed by atoms with Crippen LogP contribution in [-0.4, -0.2) is 48.4 Å². The molecule has 4 aliphatic heterocycles. The Bertz CT molecular complexity index is 3090. The van der Waals surface area contributed by atoms with Gasteiger partial charge in [0, 0.05) is 45.9 Å². The highest BCUT2D eigenvalue weighted by Gasteiger charge is 2.63. The first-order valence-corrected chi connectivity index (χ1v) is 22.2. The van der Waals surface area contributed by atoms with Gasteiger partial charge < -0.3 is 28.7 Å². The zero-order valence-corrected chi connectivity index (χ0v) is 37.9. The largest absolute Gasteiger partial charge is 0.459 e. The van der Waals surface area contributed by atoms with Crippen LogP contribution in [-0.2, 0) is 20.4 Å². The summed E-state index contributed by atoms with van der Waals surface area (Å²) in [5.74, 6) is 1.17. The van der Waals surface area contributed by atoms with Gasteiger partial charge in [-0.15, -0.1) is 0 Å². The quantitative estimate of drug-likeness (QED) is 0.0804. The number of esters is 2. The van der Waals surface area contributed by atoms with Gasteiger partial charge in [-0.2, -0.15) is 0 Å². The predicted octanol–water partition coefficient (Wildman–Crippen LogP) is 12.0. The first-order chi connectivity index (χ1) is 31.1. The molecule has 3 unspecified atom stereocenters. The van der Waals surface area contributed by atoms with E-state index in [9.17, 15) is 9.59 Å². The molecule has 0 aromatic heterocycles. The summed E-state index contributed by atoms with van der Waals surface area (Å²) in [6, 6.07) is 36.3. The van der Waals surface area contributed by atoms with Crippen molar-refractivity contribution in [1.82, 2.24) is 0 Å². The van der Waals surface area contributed by atoms with Crippen molar-refractivity contribution in [1.29, 1.82) is 0 Å². The molecule has 2 spiro atoms. The minimum Gasteiger partial charge on any atom is -0.459 e. The highest BCUT2D eigenvalue weighted by molar-refractivity contribution is 6.03. The molecule has 0 aliphatic carbocycles. The Morgan fingerprint density at radius 2 is 1.11 bits per heavy atom. The van der Waals surface area contributed by atoms with Crippen molar-refractivity contribution in [3.05, 3.63) is 145 Å². The van der Waals surface area contributed by atoms with Crippen LogP contribution in [0.1, 0.15) is 72.4 Å². The lowest BCUT2D eigenvalue weighted by atomic mass is 9.77. The van der Waals surface area contributed by atoms with E-state index in [0.717, 1.165) is 45.8 Å². The van der Waals surface area contributed by atoms with E-state index < -0.39 is 34.2 Å². The molecule has 3 atom stereocenters. The molecule has 328 valence electrons. The van der Waals surface area contributed by atoms with E-state index in [0.29, 0.717) is 52.1 Å². The molecule has 4 heterocycles. The zero-order chi connectivity index (χ0) is 45.6. The fourth-order valence-corrected chi connectivity index (χ4v) is 10.4. The van der Waals surface area contributed by atoms with Crippen molar-refractivity contribution in [3.63, 3.8) is 0 Å². The summed E-state index contributed by atoms with van der Waals surface area (Å²) in [5.41, 5.74) is 3.57. The summed E-state index contributed by atoms with van der Waals surface area (Å²) in [7, 11) is 0. The minimum atomic E-state index is -0.984. The van der Waals surface area contributed by atoms with Crippen LogP contribution in [0, 0.1) is 0 Å². The van der Waals surface area contributed by atoms with Gasteiger partial charge in [0.15, 0.2) is 0 Å². The molecule has 6 aromatic carbocycles. The third-order valence-electron chi connectivity index (χ3n) is 14.0. The average Bonchev–Trinajstić information content (AvgIpc) is 3.59. The highest BCUT2D eigenvalue weighted by Crippen LogP contribution is 2.58. The number of hydrogen-bond acceptors (Lipinski definition) is 10. The first-order valence-electron chi connectivity index (χ1n) is 22.2. The second-order valence-corrected chi connectivity index (χ2v) is 18.7. The molecule has 4 aliphatic rings. The normalized spacial score (nSPS) is 20.7. The maximum absolute atomic E-state index is 12.5. The lowest BCUT2D eigenvalue weighted by Crippen LogP contribution is -2.66. The van der Waals surface area contributed by atoms with Gasteiger partial charge in [-0.25, -0.2) is 9.59 Å². The average molecular weight is 865 g/mol. The molecule has 0 radical (unpaired) electrons. The van der Waals surface area contributed by atoms with Crippen LogP contribution in [0.15, 0.2) is 143 Å². The number of rotatable bonds is 9. The number of fused-ring (bicyclic) bond motifs is 8. The van der Waals surface area contributed by atoms with Gasteiger partial charge >= 0.3 is 11.9 Å². The van der Waals surface area contributed by atoms with Crippen LogP contribution in [0.25, 0.3) is 21.5 Å². The van der Waals surface area contributed by atoms with Gasteiger partial charge in [0.25, 0.3) is 0 Å². The number of carbonyl (C=O) groups is 2. The number of benzene rings is 6. The van der Waals surface area contributed by atoms with Gasteiger partial charge in [-0.3, -0.25) is 9.98 Å². The Kier molecular flexibility index (Phi) is 9.61. The van der Waals surface area contributed by atoms with Crippen LogP contribution in [0.5, 0.6) is 23.0 Å². The van der Waals surface area contributed by atoms with E-state index in [2.05, 4.69) is 106 Å².